The third-order valence-corrected chi connectivity index (χ3v) is 12.1. The molecule has 260 valence electrons. The zero-order valence-corrected chi connectivity index (χ0v) is 32.3. The largest absolute Gasteiger partial charge is 0.456 e. The van der Waals surface area contributed by atoms with Gasteiger partial charge in [-0.15, -0.1) is 0 Å². The number of anilines is 3. The predicted molar refractivity (Wildman–Crippen MR) is 221 cm³/mol. The third-order valence-electron chi connectivity index (χ3n) is 12.1. The van der Waals surface area contributed by atoms with Gasteiger partial charge in [-0.05, 0) is 109 Å². The van der Waals surface area contributed by atoms with E-state index in [1.807, 2.05) is 0 Å². The lowest BCUT2D eigenvalue weighted by Gasteiger charge is -2.29. The van der Waals surface area contributed by atoms with Crippen molar-refractivity contribution in [3.63, 3.8) is 0 Å². The number of nitrogens with zero attached hydrogens (tertiary/aromatic N) is 1. The number of furan rings is 1. The van der Waals surface area contributed by atoms with Crippen molar-refractivity contribution in [2.75, 3.05) is 4.90 Å². The molecular formula is C50H49NO. The highest BCUT2D eigenvalue weighted by molar-refractivity contribution is 6.08. The standard InChI is InChI=1S/C50H49NO/c1-47(2,3)30-25-39-38-28-32(21-24-45(38)52-46(39)44(26-30)48(4,5)6)51(31-20-23-42-37(27-31)35-16-12-14-18-41(35)49(42,7)8)33-19-22-36-34-15-11-13-17-40(34)50(9,10)43(36)29-33/h11-29H,1-10H3. The fourth-order valence-corrected chi connectivity index (χ4v) is 9.12. The molecule has 2 heteroatoms. The molecule has 0 amide bonds. The van der Waals surface area contributed by atoms with Gasteiger partial charge in [0.15, 0.2) is 0 Å². The minimum absolute atomic E-state index is 0.00467. The molecule has 0 saturated carbocycles. The molecule has 1 aromatic heterocycles. The maximum atomic E-state index is 6.75. The van der Waals surface area contributed by atoms with E-state index in [0.717, 1.165) is 33.6 Å². The molecule has 7 aromatic rings. The molecule has 0 unspecified atom stereocenters. The van der Waals surface area contributed by atoms with Crippen LogP contribution in [0.25, 0.3) is 44.2 Å². The Morgan fingerprint density at radius 1 is 0.462 bits per heavy atom. The molecule has 0 atom stereocenters. The summed E-state index contributed by atoms with van der Waals surface area (Å²) in [6.45, 7) is 23.2. The van der Waals surface area contributed by atoms with Gasteiger partial charge in [0, 0.05) is 44.2 Å². The van der Waals surface area contributed by atoms with Crippen molar-refractivity contribution in [3.05, 3.63) is 149 Å². The summed E-state index contributed by atoms with van der Waals surface area (Å²) in [5.41, 5.74) is 18.5. The summed E-state index contributed by atoms with van der Waals surface area (Å²) in [5, 5.41) is 2.33. The molecule has 2 aliphatic carbocycles. The van der Waals surface area contributed by atoms with Crippen molar-refractivity contribution in [1.82, 2.24) is 0 Å². The van der Waals surface area contributed by atoms with Crippen molar-refractivity contribution in [1.29, 1.82) is 0 Å². The van der Waals surface area contributed by atoms with Gasteiger partial charge in [-0.25, -0.2) is 0 Å². The second-order valence-corrected chi connectivity index (χ2v) is 18.3. The Morgan fingerprint density at radius 2 is 1.00 bits per heavy atom. The molecule has 0 bridgehead atoms. The highest BCUT2D eigenvalue weighted by Crippen LogP contribution is 2.53. The summed E-state index contributed by atoms with van der Waals surface area (Å²) in [5.74, 6) is 0. The van der Waals surface area contributed by atoms with Crippen LogP contribution in [0.4, 0.5) is 17.1 Å². The van der Waals surface area contributed by atoms with E-state index in [4.69, 9.17) is 4.42 Å². The Bertz CT molecular complexity index is 2600. The van der Waals surface area contributed by atoms with E-state index in [0.29, 0.717) is 0 Å². The van der Waals surface area contributed by atoms with E-state index >= 15 is 0 Å². The lowest BCUT2D eigenvalue weighted by Crippen LogP contribution is -2.17. The Labute approximate surface area is 309 Å². The monoisotopic (exact) mass is 679 g/mol. The number of fused-ring (bicyclic) bond motifs is 9. The molecule has 2 nitrogen and oxygen atoms in total. The maximum absolute atomic E-state index is 6.75. The maximum Gasteiger partial charge on any atom is 0.139 e. The van der Waals surface area contributed by atoms with Gasteiger partial charge in [-0.1, -0.05) is 136 Å². The Kier molecular flexibility index (Phi) is 6.77. The fourth-order valence-electron chi connectivity index (χ4n) is 9.12. The van der Waals surface area contributed by atoms with E-state index in [1.165, 1.54) is 61.0 Å². The van der Waals surface area contributed by atoms with Gasteiger partial charge in [0.1, 0.15) is 11.2 Å². The second kappa shape index (κ2) is 10.7. The Balaban J connectivity index is 1.30. The number of rotatable bonds is 3. The zero-order valence-electron chi connectivity index (χ0n) is 32.3. The molecule has 1 heterocycles. The molecule has 6 aromatic carbocycles. The molecular weight excluding hydrogens is 631 g/mol. The van der Waals surface area contributed by atoms with Gasteiger partial charge in [0.25, 0.3) is 0 Å². The molecule has 9 rings (SSSR count). The van der Waals surface area contributed by atoms with Crippen LogP contribution in [0.3, 0.4) is 0 Å². The average molecular weight is 680 g/mol. The summed E-state index contributed by atoms with van der Waals surface area (Å²) in [6, 6.07) is 43.5. The summed E-state index contributed by atoms with van der Waals surface area (Å²) in [4.78, 5) is 2.46. The first-order valence-electron chi connectivity index (χ1n) is 18.9. The first-order valence-corrected chi connectivity index (χ1v) is 18.9. The van der Waals surface area contributed by atoms with Crippen LogP contribution in [0.5, 0.6) is 0 Å². The molecule has 52 heavy (non-hydrogen) atoms. The highest BCUT2D eigenvalue weighted by Gasteiger charge is 2.37. The summed E-state index contributed by atoms with van der Waals surface area (Å²) in [6.07, 6.45) is 0. The van der Waals surface area contributed by atoms with E-state index < -0.39 is 0 Å². The molecule has 0 fully saturated rings. The van der Waals surface area contributed by atoms with Gasteiger partial charge in [0.2, 0.25) is 0 Å². The SMILES string of the molecule is CC(C)(C)c1cc(C(C)(C)C)c2oc3ccc(N(c4ccc5c(c4)-c4ccccc4C5(C)C)c4ccc5c(c4)C(C)(C)c4ccccc4-5)cc3c2c1. The highest BCUT2D eigenvalue weighted by atomic mass is 16.3. The summed E-state index contributed by atoms with van der Waals surface area (Å²) in [7, 11) is 0. The summed E-state index contributed by atoms with van der Waals surface area (Å²) >= 11 is 0. The van der Waals surface area contributed by atoms with Crippen molar-refractivity contribution in [2.24, 2.45) is 0 Å². The van der Waals surface area contributed by atoms with Crippen LogP contribution in [0.2, 0.25) is 0 Å². The predicted octanol–water partition coefficient (Wildman–Crippen LogP) is 14.3. The lowest BCUT2D eigenvalue weighted by atomic mass is 9.79. The quantitative estimate of drug-likeness (QED) is 0.185. The van der Waals surface area contributed by atoms with Gasteiger partial charge < -0.3 is 9.32 Å². The van der Waals surface area contributed by atoms with Crippen LogP contribution < -0.4 is 4.90 Å². The van der Waals surface area contributed by atoms with E-state index in [1.54, 1.807) is 0 Å². The minimum Gasteiger partial charge on any atom is -0.456 e. The van der Waals surface area contributed by atoms with Crippen molar-refractivity contribution in [3.8, 4) is 22.3 Å². The molecule has 2 aliphatic rings. The molecule has 0 spiro atoms. The molecule has 0 saturated heterocycles. The zero-order chi connectivity index (χ0) is 36.5. The van der Waals surface area contributed by atoms with Crippen LogP contribution in [-0.4, -0.2) is 0 Å². The number of hydrogen-bond donors (Lipinski definition) is 0. The topological polar surface area (TPSA) is 16.4 Å². The summed E-state index contributed by atoms with van der Waals surface area (Å²) < 4.78 is 6.75. The first kappa shape index (κ1) is 32.8. The van der Waals surface area contributed by atoms with Crippen LogP contribution in [0.1, 0.15) is 103 Å². The van der Waals surface area contributed by atoms with Gasteiger partial charge in [-0.2, -0.15) is 0 Å². The Morgan fingerprint density at radius 3 is 1.67 bits per heavy atom. The van der Waals surface area contributed by atoms with Crippen molar-refractivity contribution < 1.29 is 4.42 Å². The minimum atomic E-state index is -0.105. The lowest BCUT2D eigenvalue weighted by molar-refractivity contribution is 0.559. The molecule has 0 radical (unpaired) electrons. The second-order valence-electron chi connectivity index (χ2n) is 18.3. The van der Waals surface area contributed by atoms with Crippen LogP contribution >= 0.6 is 0 Å². The molecule has 0 N–H and O–H groups in total. The first-order chi connectivity index (χ1) is 24.5. The van der Waals surface area contributed by atoms with Crippen LogP contribution in [0, 0.1) is 0 Å². The van der Waals surface area contributed by atoms with Gasteiger partial charge >= 0.3 is 0 Å². The number of hydrogen-bond acceptors (Lipinski definition) is 2. The van der Waals surface area contributed by atoms with Gasteiger partial charge in [-0.3, -0.25) is 0 Å². The third kappa shape index (κ3) is 4.69. The average Bonchev–Trinajstić information content (AvgIpc) is 3.66. The van der Waals surface area contributed by atoms with Crippen molar-refractivity contribution >= 4 is 39.0 Å². The van der Waals surface area contributed by atoms with Crippen molar-refractivity contribution in [2.45, 2.75) is 90.9 Å². The van der Waals surface area contributed by atoms with E-state index in [2.05, 4.69) is 189 Å². The fraction of sp³-hybridized carbons (Fsp3) is 0.280. The van der Waals surface area contributed by atoms with E-state index in [-0.39, 0.29) is 21.7 Å². The smallest absolute Gasteiger partial charge is 0.139 e. The van der Waals surface area contributed by atoms with Gasteiger partial charge in [0.05, 0.1) is 0 Å². The number of benzene rings is 6. The molecule has 0 aliphatic heterocycles. The van der Waals surface area contributed by atoms with Crippen LogP contribution in [0.15, 0.2) is 120 Å². The normalized spacial score (nSPS) is 15.4. The van der Waals surface area contributed by atoms with E-state index in [9.17, 15) is 0 Å². The Hall–Kier alpha value is -5.08. The van der Waals surface area contributed by atoms with Crippen LogP contribution in [-0.2, 0) is 21.7 Å².